The third-order valence-electron chi connectivity index (χ3n) is 4.32. The van der Waals surface area contributed by atoms with E-state index in [1.54, 1.807) is 24.3 Å². The molecule has 6 heteroatoms. The van der Waals surface area contributed by atoms with Crippen molar-refractivity contribution in [1.82, 2.24) is 16.0 Å². The van der Waals surface area contributed by atoms with Gasteiger partial charge in [0.2, 0.25) is 5.91 Å². The van der Waals surface area contributed by atoms with Gasteiger partial charge in [-0.3, -0.25) is 9.59 Å². The molecule has 1 aliphatic heterocycles. The summed E-state index contributed by atoms with van der Waals surface area (Å²) in [5.41, 5.74) is 0.383. The quantitative estimate of drug-likeness (QED) is 0.762. The van der Waals surface area contributed by atoms with Crippen LogP contribution in [-0.4, -0.2) is 36.5 Å². The molecule has 2 amide bonds. The molecule has 0 radical (unpaired) electrons. The molecular formula is C18H26ClN3O2. The monoisotopic (exact) mass is 351 g/mol. The Bertz CT molecular complexity index is 591. The summed E-state index contributed by atoms with van der Waals surface area (Å²) in [6, 6.07) is 6.79. The number of piperidine rings is 1. The van der Waals surface area contributed by atoms with Gasteiger partial charge in [0.25, 0.3) is 5.91 Å². The summed E-state index contributed by atoms with van der Waals surface area (Å²) in [5, 5.41) is 9.64. The van der Waals surface area contributed by atoms with Crippen molar-refractivity contribution in [1.29, 1.82) is 0 Å². The van der Waals surface area contributed by atoms with E-state index in [1.165, 1.54) is 0 Å². The molecule has 2 rings (SSSR count). The largest absolute Gasteiger partial charge is 0.351 e. The summed E-state index contributed by atoms with van der Waals surface area (Å²) >= 11 is 6.07. The van der Waals surface area contributed by atoms with E-state index in [4.69, 9.17) is 11.6 Å². The first kappa shape index (κ1) is 18.7. The van der Waals surface area contributed by atoms with Crippen LogP contribution in [0.5, 0.6) is 0 Å². The van der Waals surface area contributed by atoms with Gasteiger partial charge < -0.3 is 16.0 Å². The van der Waals surface area contributed by atoms with Crippen LogP contribution in [0.4, 0.5) is 0 Å². The first-order valence-electron chi connectivity index (χ1n) is 8.47. The molecule has 3 N–H and O–H groups in total. The number of halogens is 1. The van der Waals surface area contributed by atoms with Crippen LogP contribution in [0, 0.1) is 5.92 Å². The number of carbonyl (C=O) groups is 2. The minimum absolute atomic E-state index is 0.0180. The van der Waals surface area contributed by atoms with E-state index in [2.05, 4.69) is 22.9 Å². The molecule has 0 saturated carbocycles. The van der Waals surface area contributed by atoms with Gasteiger partial charge in [-0.05, 0) is 44.4 Å². The number of carbonyl (C=O) groups excluding carboxylic acids is 2. The van der Waals surface area contributed by atoms with Crippen molar-refractivity contribution >= 4 is 23.4 Å². The zero-order chi connectivity index (χ0) is 17.7. The molecule has 1 aliphatic rings. The zero-order valence-corrected chi connectivity index (χ0v) is 15.2. The Morgan fingerprint density at radius 1 is 1.29 bits per heavy atom. The number of hydrogen-bond acceptors (Lipinski definition) is 3. The van der Waals surface area contributed by atoms with Crippen LogP contribution < -0.4 is 16.0 Å². The second kappa shape index (κ2) is 8.49. The predicted octanol–water partition coefficient (Wildman–Crippen LogP) is 2.35. The van der Waals surface area contributed by atoms with E-state index < -0.39 is 6.04 Å². The van der Waals surface area contributed by atoms with Crippen LogP contribution in [0.15, 0.2) is 24.3 Å². The van der Waals surface area contributed by atoms with Crippen LogP contribution >= 0.6 is 11.6 Å². The zero-order valence-electron chi connectivity index (χ0n) is 14.4. The summed E-state index contributed by atoms with van der Waals surface area (Å²) in [6.07, 6.45) is 1.80. The molecule has 0 aliphatic carbocycles. The smallest absolute Gasteiger partial charge is 0.253 e. The van der Waals surface area contributed by atoms with E-state index in [-0.39, 0.29) is 23.8 Å². The van der Waals surface area contributed by atoms with E-state index in [0.717, 1.165) is 19.4 Å². The maximum atomic E-state index is 12.6. The first-order chi connectivity index (χ1) is 11.4. The Balaban J connectivity index is 2.02. The Morgan fingerprint density at radius 2 is 2.00 bits per heavy atom. The second-order valence-electron chi connectivity index (χ2n) is 6.76. The molecule has 1 aromatic carbocycles. The molecule has 3 unspecified atom stereocenters. The highest BCUT2D eigenvalue weighted by Gasteiger charge is 2.28. The lowest BCUT2D eigenvalue weighted by Gasteiger charge is -2.31. The van der Waals surface area contributed by atoms with Gasteiger partial charge in [-0.1, -0.05) is 37.6 Å². The average Bonchev–Trinajstić information content (AvgIpc) is 2.52. The van der Waals surface area contributed by atoms with Gasteiger partial charge in [-0.25, -0.2) is 0 Å². The highest BCUT2D eigenvalue weighted by Crippen LogP contribution is 2.16. The van der Waals surface area contributed by atoms with E-state index >= 15 is 0 Å². The maximum Gasteiger partial charge on any atom is 0.253 e. The van der Waals surface area contributed by atoms with Gasteiger partial charge in [-0.15, -0.1) is 0 Å². The number of benzene rings is 1. The standard InChI is InChI=1S/C18H26ClN3O2/c1-11(2)16(18(24)21-13-8-9-20-12(3)10-13)22-17(23)14-6-4-5-7-15(14)19/h4-7,11-13,16,20H,8-10H2,1-3H3,(H,21,24)(H,22,23). The minimum Gasteiger partial charge on any atom is -0.351 e. The highest BCUT2D eigenvalue weighted by atomic mass is 35.5. The molecule has 0 aromatic heterocycles. The van der Waals surface area contributed by atoms with Crippen LogP contribution in [0.1, 0.15) is 44.0 Å². The third kappa shape index (κ3) is 4.95. The summed E-state index contributed by atoms with van der Waals surface area (Å²) in [7, 11) is 0. The van der Waals surface area contributed by atoms with Crippen LogP contribution in [0.2, 0.25) is 5.02 Å². The normalized spacial score (nSPS) is 22.0. The first-order valence-corrected chi connectivity index (χ1v) is 8.85. The lowest BCUT2D eigenvalue weighted by Crippen LogP contribution is -2.54. The summed E-state index contributed by atoms with van der Waals surface area (Å²) in [5.74, 6) is -0.479. The highest BCUT2D eigenvalue weighted by molar-refractivity contribution is 6.33. The summed E-state index contributed by atoms with van der Waals surface area (Å²) in [4.78, 5) is 25.1. The fourth-order valence-corrected chi connectivity index (χ4v) is 3.17. The average molecular weight is 352 g/mol. The molecule has 0 spiro atoms. The van der Waals surface area contributed by atoms with Crippen molar-refractivity contribution in [3.8, 4) is 0 Å². The van der Waals surface area contributed by atoms with Crippen LogP contribution in [0.25, 0.3) is 0 Å². The molecule has 1 heterocycles. The number of rotatable bonds is 5. The van der Waals surface area contributed by atoms with Crippen LogP contribution in [0.3, 0.4) is 0 Å². The maximum absolute atomic E-state index is 12.6. The molecule has 24 heavy (non-hydrogen) atoms. The second-order valence-corrected chi connectivity index (χ2v) is 7.17. The topological polar surface area (TPSA) is 70.2 Å². The Morgan fingerprint density at radius 3 is 2.62 bits per heavy atom. The van der Waals surface area contributed by atoms with Crippen molar-refractivity contribution in [3.63, 3.8) is 0 Å². The van der Waals surface area contributed by atoms with Gasteiger partial charge >= 0.3 is 0 Å². The molecule has 1 fully saturated rings. The Hall–Kier alpha value is -1.59. The summed E-state index contributed by atoms with van der Waals surface area (Å²) < 4.78 is 0. The van der Waals surface area contributed by atoms with Gasteiger partial charge in [0.15, 0.2) is 0 Å². The van der Waals surface area contributed by atoms with Gasteiger partial charge in [0, 0.05) is 12.1 Å². The van der Waals surface area contributed by atoms with Crippen molar-refractivity contribution in [2.45, 2.75) is 51.7 Å². The lowest BCUT2D eigenvalue weighted by atomic mass is 9.98. The van der Waals surface area contributed by atoms with Gasteiger partial charge in [0.1, 0.15) is 6.04 Å². The molecule has 5 nitrogen and oxygen atoms in total. The van der Waals surface area contributed by atoms with Gasteiger partial charge in [0.05, 0.1) is 10.6 Å². The van der Waals surface area contributed by atoms with Crippen molar-refractivity contribution in [2.75, 3.05) is 6.54 Å². The summed E-state index contributed by atoms with van der Waals surface area (Å²) in [6.45, 7) is 6.84. The van der Waals surface area contributed by atoms with E-state index in [0.29, 0.717) is 16.6 Å². The van der Waals surface area contributed by atoms with Crippen molar-refractivity contribution in [2.24, 2.45) is 5.92 Å². The Labute approximate surface area is 148 Å². The van der Waals surface area contributed by atoms with Gasteiger partial charge in [-0.2, -0.15) is 0 Å². The van der Waals surface area contributed by atoms with Crippen molar-refractivity contribution < 1.29 is 9.59 Å². The minimum atomic E-state index is -0.584. The molecule has 1 aromatic rings. The lowest BCUT2D eigenvalue weighted by molar-refractivity contribution is -0.124. The molecule has 0 bridgehead atoms. The SMILES string of the molecule is CC1CC(NC(=O)C(NC(=O)c2ccccc2Cl)C(C)C)CCN1. The van der Waals surface area contributed by atoms with Crippen molar-refractivity contribution in [3.05, 3.63) is 34.9 Å². The third-order valence-corrected chi connectivity index (χ3v) is 4.65. The molecular weight excluding hydrogens is 326 g/mol. The fourth-order valence-electron chi connectivity index (χ4n) is 2.95. The fraction of sp³-hybridized carbons (Fsp3) is 0.556. The number of nitrogens with one attached hydrogen (secondary N) is 3. The predicted molar refractivity (Wildman–Crippen MR) is 96.2 cm³/mol. The number of amides is 2. The van der Waals surface area contributed by atoms with E-state index in [9.17, 15) is 9.59 Å². The molecule has 132 valence electrons. The van der Waals surface area contributed by atoms with Crippen LogP contribution in [-0.2, 0) is 4.79 Å². The van der Waals surface area contributed by atoms with E-state index in [1.807, 2.05) is 13.8 Å². The number of hydrogen-bond donors (Lipinski definition) is 3. The molecule has 3 atom stereocenters. The Kier molecular flexibility index (Phi) is 6.63. The molecule has 1 saturated heterocycles.